The van der Waals surface area contributed by atoms with E-state index in [0.717, 1.165) is 30.7 Å². The lowest BCUT2D eigenvalue weighted by atomic mass is 9.99. The molecule has 0 bridgehead atoms. The molecule has 0 saturated carbocycles. The minimum atomic E-state index is -0.308. The average molecular weight is 356 g/mol. The molecule has 26 heavy (non-hydrogen) atoms. The van der Waals surface area contributed by atoms with Gasteiger partial charge in [-0.1, -0.05) is 0 Å². The summed E-state index contributed by atoms with van der Waals surface area (Å²) in [5, 5.41) is 0. The Balaban J connectivity index is 1.71. The quantitative estimate of drug-likeness (QED) is 0.806. The first kappa shape index (κ1) is 18.0. The first-order chi connectivity index (χ1) is 12.6. The molecule has 6 heteroatoms. The minimum absolute atomic E-state index is 0.00417. The lowest BCUT2D eigenvalue weighted by Gasteiger charge is -2.31. The van der Waals surface area contributed by atoms with Gasteiger partial charge >= 0.3 is 5.97 Å². The highest BCUT2D eigenvalue weighted by molar-refractivity contribution is 5.89. The molecule has 6 nitrogen and oxygen atoms in total. The highest BCUT2D eigenvalue weighted by Crippen LogP contribution is 2.29. The Kier molecular flexibility index (Phi) is 5.61. The number of ether oxygens (including phenoxy) is 2. The van der Waals surface area contributed by atoms with E-state index in [1.807, 2.05) is 36.1 Å². The number of hydrogen-bond donors (Lipinski definition) is 1. The number of anilines is 1. The molecular formula is C20H24N2O4. The summed E-state index contributed by atoms with van der Waals surface area (Å²) < 4.78 is 11.2. The molecule has 0 fully saturated rings. The number of esters is 1. The predicted molar refractivity (Wildman–Crippen MR) is 100 cm³/mol. The van der Waals surface area contributed by atoms with E-state index < -0.39 is 0 Å². The SMILES string of the molecule is CCOC(=O)c1ccc2c(c1)CCC(CN(CC)c1ccc[nH]c1=O)O2. The number of carbonyl (C=O) groups excluding carboxylic acids is 1. The van der Waals surface area contributed by atoms with Crippen LogP contribution in [0.3, 0.4) is 0 Å². The second-order valence-electron chi connectivity index (χ2n) is 6.24. The maximum absolute atomic E-state index is 12.0. The molecule has 0 aliphatic carbocycles. The summed E-state index contributed by atoms with van der Waals surface area (Å²) in [5.41, 5.74) is 2.14. The number of carbonyl (C=O) groups is 1. The molecular weight excluding hydrogens is 332 g/mol. The molecule has 2 aromatic rings. The first-order valence-corrected chi connectivity index (χ1v) is 9.01. The van der Waals surface area contributed by atoms with Gasteiger partial charge in [0.1, 0.15) is 17.5 Å². The van der Waals surface area contributed by atoms with Gasteiger partial charge in [-0.05, 0) is 62.6 Å². The molecule has 1 aliphatic rings. The lowest BCUT2D eigenvalue weighted by Crippen LogP contribution is -2.39. The summed E-state index contributed by atoms with van der Waals surface area (Å²) in [7, 11) is 0. The summed E-state index contributed by atoms with van der Waals surface area (Å²) in [6, 6.07) is 9.07. The van der Waals surface area contributed by atoms with Gasteiger partial charge < -0.3 is 19.4 Å². The standard InChI is InChI=1S/C20H24N2O4/c1-3-22(17-6-5-11-21-19(17)23)13-16-9-7-14-12-15(20(24)25-4-2)8-10-18(14)26-16/h5-6,8,10-12,16H,3-4,7,9,13H2,1-2H3,(H,21,23). The fourth-order valence-electron chi connectivity index (χ4n) is 3.22. The Morgan fingerprint density at radius 2 is 2.19 bits per heavy atom. The van der Waals surface area contributed by atoms with E-state index in [4.69, 9.17) is 9.47 Å². The highest BCUT2D eigenvalue weighted by atomic mass is 16.5. The zero-order chi connectivity index (χ0) is 18.5. The molecule has 0 radical (unpaired) electrons. The number of aryl methyl sites for hydroxylation is 1. The molecule has 1 atom stereocenters. The monoisotopic (exact) mass is 356 g/mol. The van der Waals surface area contributed by atoms with Gasteiger partial charge in [0.05, 0.1) is 18.7 Å². The van der Waals surface area contributed by atoms with Crippen molar-refractivity contribution in [2.24, 2.45) is 0 Å². The molecule has 1 aliphatic heterocycles. The molecule has 138 valence electrons. The molecule has 1 N–H and O–H groups in total. The van der Waals surface area contributed by atoms with Gasteiger partial charge in [-0.3, -0.25) is 4.79 Å². The Labute approximate surface area is 152 Å². The normalized spacial score (nSPS) is 15.7. The Bertz CT molecular complexity index is 831. The molecule has 0 saturated heterocycles. The number of hydrogen-bond acceptors (Lipinski definition) is 5. The molecule has 1 unspecified atom stereocenters. The van der Waals surface area contributed by atoms with Crippen molar-refractivity contribution in [2.45, 2.75) is 32.8 Å². The van der Waals surface area contributed by atoms with E-state index >= 15 is 0 Å². The summed E-state index contributed by atoms with van der Waals surface area (Å²) in [6.45, 7) is 5.54. The van der Waals surface area contributed by atoms with Crippen LogP contribution in [-0.4, -0.2) is 36.8 Å². The predicted octanol–water partition coefficient (Wildman–Crippen LogP) is 2.77. The average Bonchev–Trinajstić information content (AvgIpc) is 2.66. The third-order valence-corrected chi connectivity index (χ3v) is 4.54. The minimum Gasteiger partial charge on any atom is -0.488 e. The largest absolute Gasteiger partial charge is 0.488 e. The van der Waals surface area contributed by atoms with Crippen molar-refractivity contribution in [1.29, 1.82) is 0 Å². The third kappa shape index (κ3) is 3.90. The van der Waals surface area contributed by atoms with Crippen molar-refractivity contribution in [3.05, 3.63) is 58.0 Å². The van der Waals surface area contributed by atoms with Gasteiger partial charge in [-0.25, -0.2) is 4.79 Å². The van der Waals surface area contributed by atoms with Gasteiger partial charge in [0.15, 0.2) is 0 Å². The van der Waals surface area contributed by atoms with Gasteiger partial charge in [-0.2, -0.15) is 0 Å². The van der Waals surface area contributed by atoms with E-state index in [1.165, 1.54) is 0 Å². The van der Waals surface area contributed by atoms with Crippen LogP contribution in [0.25, 0.3) is 0 Å². The molecule has 0 spiro atoms. The van der Waals surface area contributed by atoms with Crippen LogP contribution < -0.4 is 15.2 Å². The van der Waals surface area contributed by atoms with Crippen LogP contribution in [-0.2, 0) is 11.2 Å². The maximum atomic E-state index is 12.0. The van der Waals surface area contributed by atoms with E-state index in [9.17, 15) is 9.59 Å². The number of aromatic nitrogens is 1. The number of H-pyrrole nitrogens is 1. The maximum Gasteiger partial charge on any atom is 0.338 e. The van der Waals surface area contributed by atoms with Crippen LogP contribution >= 0.6 is 0 Å². The molecule has 0 amide bonds. The molecule has 2 heterocycles. The summed E-state index contributed by atoms with van der Waals surface area (Å²) >= 11 is 0. The van der Waals surface area contributed by atoms with Crippen LogP contribution in [0.15, 0.2) is 41.3 Å². The topological polar surface area (TPSA) is 71.6 Å². The zero-order valence-corrected chi connectivity index (χ0v) is 15.2. The van der Waals surface area contributed by atoms with Crippen LogP contribution in [0.2, 0.25) is 0 Å². The van der Waals surface area contributed by atoms with Crippen molar-refractivity contribution in [1.82, 2.24) is 4.98 Å². The zero-order valence-electron chi connectivity index (χ0n) is 15.2. The lowest BCUT2D eigenvalue weighted by molar-refractivity contribution is 0.0526. The van der Waals surface area contributed by atoms with Gasteiger partial charge in [-0.15, -0.1) is 0 Å². The van der Waals surface area contributed by atoms with E-state index in [1.54, 1.807) is 19.2 Å². The summed E-state index contributed by atoms with van der Waals surface area (Å²) in [6.07, 6.45) is 3.29. The molecule has 1 aromatic heterocycles. The van der Waals surface area contributed by atoms with Crippen molar-refractivity contribution in [3.63, 3.8) is 0 Å². The van der Waals surface area contributed by atoms with E-state index in [-0.39, 0.29) is 17.6 Å². The third-order valence-electron chi connectivity index (χ3n) is 4.54. The van der Waals surface area contributed by atoms with Crippen molar-refractivity contribution in [3.8, 4) is 5.75 Å². The van der Waals surface area contributed by atoms with Crippen LogP contribution in [0.5, 0.6) is 5.75 Å². The summed E-state index contributed by atoms with van der Waals surface area (Å²) in [5.74, 6) is 0.491. The Morgan fingerprint density at radius 3 is 2.92 bits per heavy atom. The smallest absolute Gasteiger partial charge is 0.338 e. The fraction of sp³-hybridized carbons (Fsp3) is 0.400. The van der Waals surface area contributed by atoms with Gasteiger partial charge in [0.25, 0.3) is 5.56 Å². The second-order valence-corrected chi connectivity index (χ2v) is 6.24. The Hall–Kier alpha value is -2.76. The number of fused-ring (bicyclic) bond motifs is 1. The summed E-state index contributed by atoms with van der Waals surface area (Å²) in [4.78, 5) is 28.6. The van der Waals surface area contributed by atoms with Crippen molar-refractivity contribution < 1.29 is 14.3 Å². The highest BCUT2D eigenvalue weighted by Gasteiger charge is 2.24. The number of rotatable bonds is 6. The molecule has 1 aromatic carbocycles. The number of nitrogens with one attached hydrogen (secondary N) is 1. The number of likely N-dealkylation sites (N-methyl/N-ethyl adjacent to an activating group) is 1. The van der Waals surface area contributed by atoms with E-state index in [2.05, 4.69) is 4.98 Å². The second kappa shape index (κ2) is 8.08. The van der Waals surface area contributed by atoms with Crippen LogP contribution in [0.4, 0.5) is 5.69 Å². The number of pyridine rings is 1. The van der Waals surface area contributed by atoms with Crippen LogP contribution in [0.1, 0.15) is 36.2 Å². The number of benzene rings is 1. The number of aromatic amines is 1. The Morgan fingerprint density at radius 1 is 1.35 bits per heavy atom. The molecule has 3 rings (SSSR count). The van der Waals surface area contributed by atoms with Crippen LogP contribution in [0, 0.1) is 0 Å². The van der Waals surface area contributed by atoms with E-state index in [0.29, 0.717) is 24.4 Å². The van der Waals surface area contributed by atoms with Gasteiger partial charge in [0.2, 0.25) is 0 Å². The van der Waals surface area contributed by atoms with Crippen molar-refractivity contribution in [2.75, 3.05) is 24.6 Å². The van der Waals surface area contributed by atoms with Gasteiger partial charge in [0, 0.05) is 12.7 Å². The first-order valence-electron chi connectivity index (χ1n) is 9.01. The number of nitrogens with zero attached hydrogens (tertiary/aromatic N) is 1. The van der Waals surface area contributed by atoms with Crippen molar-refractivity contribution >= 4 is 11.7 Å². The fourth-order valence-corrected chi connectivity index (χ4v) is 3.22.